The maximum atomic E-state index is 11.7. The molecular weight excluding hydrogens is 220 g/mol. The van der Waals surface area contributed by atoms with Crippen LogP contribution in [0, 0.1) is 0 Å². The second-order valence-electron chi connectivity index (χ2n) is 3.50. The van der Waals surface area contributed by atoms with E-state index in [0.717, 1.165) is 0 Å². The molecule has 4 nitrogen and oxygen atoms in total. The van der Waals surface area contributed by atoms with Crippen molar-refractivity contribution in [3.05, 3.63) is 48.0 Å². The molecule has 2 aromatic rings. The molecule has 86 valence electrons. The number of aromatic hydroxyl groups is 1. The number of carboxylic acids is 1. The molecule has 0 aliphatic rings. The van der Waals surface area contributed by atoms with E-state index in [9.17, 15) is 15.0 Å². The van der Waals surface area contributed by atoms with Crippen LogP contribution in [0.25, 0.3) is 11.1 Å². The highest BCUT2D eigenvalue weighted by atomic mass is 16.4. The Hall–Kier alpha value is -2.49. The topological polar surface area (TPSA) is 80.6 Å². The Kier molecular flexibility index (Phi) is 2.70. The van der Waals surface area contributed by atoms with E-state index < -0.39 is 11.7 Å². The smallest absolute Gasteiger partial charge is 0.336 e. The Morgan fingerprint density at radius 2 is 1.65 bits per heavy atom. The van der Waals surface area contributed by atoms with E-state index in [4.69, 9.17) is 5.11 Å². The lowest BCUT2D eigenvalue weighted by atomic mass is 9.98. The molecule has 0 unspecified atom stereocenters. The predicted octanol–water partition coefficient (Wildman–Crippen LogP) is 1.83. The Labute approximate surface area is 97.4 Å². The number of para-hydroxylation sites is 1. The first kappa shape index (κ1) is 11.0. The van der Waals surface area contributed by atoms with Gasteiger partial charge in [0, 0.05) is 0 Å². The maximum absolute atomic E-state index is 11.7. The van der Waals surface area contributed by atoms with Crippen LogP contribution < -0.4 is 5.11 Å². The van der Waals surface area contributed by atoms with Gasteiger partial charge in [-0.3, -0.25) is 0 Å². The molecular formula is C13H9O4-. The monoisotopic (exact) mass is 229 g/mol. The summed E-state index contributed by atoms with van der Waals surface area (Å²) in [5.74, 6) is -2.06. The molecule has 2 aromatic carbocycles. The number of hydrogen-bond acceptors (Lipinski definition) is 3. The van der Waals surface area contributed by atoms with Crippen molar-refractivity contribution in [3.8, 4) is 22.6 Å². The molecule has 0 saturated carbocycles. The summed E-state index contributed by atoms with van der Waals surface area (Å²) in [5.41, 5.74) is 0.527. The summed E-state index contributed by atoms with van der Waals surface area (Å²) in [6.07, 6.45) is 0. The number of benzene rings is 2. The fourth-order valence-corrected chi connectivity index (χ4v) is 1.64. The molecule has 0 atom stereocenters. The van der Waals surface area contributed by atoms with E-state index in [-0.39, 0.29) is 16.9 Å². The van der Waals surface area contributed by atoms with Crippen molar-refractivity contribution in [1.29, 1.82) is 0 Å². The van der Waals surface area contributed by atoms with Gasteiger partial charge in [0.2, 0.25) is 0 Å². The van der Waals surface area contributed by atoms with Crippen LogP contribution in [-0.4, -0.2) is 16.2 Å². The molecule has 0 aromatic heterocycles. The highest BCUT2D eigenvalue weighted by molar-refractivity contribution is 5.97. The van der Waals surface area contributed by atoms with Crippen molar-refractivity contribution < 1.29 is 20.1 Å². The molecule has 0 bridgehead atoms. The van der Waals surface area contributed by atoms with E-state index >= 15 is 0 Å². The molecule has 0 radical (unpaired) electrons. The second kappa shape index (κ2) is 4.17. The average molecular weight is 229 g/mol. The summed E-state index contributed by atoms with van der Waals surface area (Å²) in [5, 5.41) is 30.1. The van der Waals surface area contributed by atoms with Crippen LogP contribution in [0.3, 0.4) is 0 Å². The van der Waals surface area contributed by atoms with Crippen molar-refractivity contribution in [2.45, 2.75) is 0 Å². The van der Waals surface area contributed by atoms with E-state index in [0.29, 0.717) is 5.56 Å². The van der Waals surface area contributed by atoms with Gasteiger partial charge in [-0.15, -0.1) is 0 Å². The fourth-order valence-electron chi connectivity index (χ4n) is 1.64. The number of carboxylic acid groups (broad SMARTS) is 1. The Bertz CT molecular complexity index is 575. The standard InChI is InChI=1S/C13H10O4/c14-11-7-3-6-9(12(11)15)8-4-1-2-5-10(8)13(16)17/h1-7,14-15H,(H,16,17)/p-1. The molecule has 0 aliphatic carbocycles. The summed E-state index contributed by atoms with van der Waals surface area (Å²) in [7, 11) is 0. The van der Waals surface area contributed by atoms with Gasteiger partial charge in [0.25, 0.3) is 0 Å². The Balaban J connectivity index is 2.69. The van der Waals surface area contributed by atoms with Crippen LogP contribution in [0.15, 0.2) is 42.5 Å². The quantitative estimate of drug-likeness (QED) is 0.823. The maximum Gasteiger partial charge on any atom is 0.336 e. The normalized spacial score (nSPS) is 10.1. The van der Waals surface area contributed by atoms with Crippen LogP contribution in [0.1, 0.15) is 10.4 Å². The van der Waals surface area contributed by atoms with E-state index in [1.54, 1.807) is 18.2 Å². The van der Waals surface area contributed by atoms with Crippen molar-refractivity contribution in [2.75, 3.05) is 0 Å². The largest absolute Gasteiger partial charge is 0.870 e. The first-order valence-electron chi connectivity index (χ1n) is 4.93. The molecule has 17 heavy (non-hydrogen) atoms. The minimum absolute atomic E-state index is 0.0372. The van der Waals surface area contributed by atoms with Gasteiger partial charge in [-0.1, -0.05) is 36.1 Å². The number of rotatable bonds is 2. The molecule has 0 spiro atoms. The predicted molar refractivity (Wildman–Crippen MR) is 59.9 cm³/mol. The van der Waals surface area contributed by atoms with Crippen molar-refractivity contribution in [1.82, 2.24) is 0 Å². The number of hydrogen-bond donors (Lipinski definition) is 2. The number of carbonyl (C=O) groups is 1. The van der Waals surface area contributed by atoms with Gasteiger partial charge in [0.05, 0.1) is 5.56 Å². The van der Waals surface area contributed by atoms with Crippen LogP contribution in [0.5, 0.6) is 11.5 Å². The first-order chi connectivity index (χ1) is 8.11. The van der Waals surface area contributed by atoms with Crippen molar-refractivity contribution >= 4 is 5.97 Å². The Morgan fingerprint density at radius 3 is 2.35 bits per heavy atom. The van der Waals surface area contributed by atoms with Gasteiger partial charge in [-0.25, -0.2) is 4.79 Å². The van der Waals surface area contributed by atoms with Gasteiger partial charge < -0.3 is 15.3 Å². The molecule has 0 amide bonds. The highest BCUT2D eigenvalue weighted by Crippen LogP contribution is 2.35. The third kappa shape index (κ3) is 1.92. The third-order valence-electron chi connectivity index (χ3n) is 2.44. The first-order valence-corrected chi connectivity index (χ1v) is 4.93. The van der Waals surface area contributed by atoms with Crippen LogP contribution >= 0.6 is 0 Å². The summed E-state index contributed by atoms with van der Waals surface area (Å²) >= 11 is 0. The number of phenols is 1. The van der Waals surface area contributed by atoms with Crippen LogP contribution in [0.2, 0.25) is 0 Å². The third-order valence-corrected chi connectivity index (χ3v) is 2.44. The summed E-state index contributed by atoms with van der Waals surface area (Å²) in [6.45, 7) is 0. The van der Waals surface area contributed by atoms with Gasteiger partial charge in [0.1, 0.15) is 5.75 Å². The van der Waals surface area contributed by atoms with Crippen LogP contribution in [-0.2, 0) is 0 Å². The summed E-state index contributed by atoms with van der Waals surface area (Å²) in [6, 6.07) is 10.5. The summed E-state index contributed by atoms with van der Waals surface area (Å²) < 4.78 is 0. The van der Waals surface area contributed by atoms with E-state index in [1.165, 1.54) is 24.3 Å². The van der Waals surface area contributed by atoms with Gasteiger partial charge in [-0.05, 0) is 23.3 Å². The molecule has 0 fully saturated rings. The van der Waals surface area contributed by atoms with E-state index in [2.05, 4.69) is 0 Å². The Morgan fingerprint density at radius 1 is 1.00 bits per heavy atom. The van der Waals surface area contributed by atoms with Gasteiger partial charge in [-0.2, -0.15) is 0 Å². The van der Waals surface area contributed by atoms with Gasteiger partial charge in [0.15, 0.2) is 0 Å². The number of aromatic carboxylic acids is 1. The minimum atomic E-state index is -1.11. The van der Waals surface area contributed by atoms with Crippen molar-refractivity contribution in [2.24, 2.45) is 0 Å². The SMILES string of the molecule is O=C(O)c1ccccc1-c1cccc(O)c1[O-]. The zero-order chi connectivity index (χ0) is 12.4. The lowest BCUT2D eigenvalue weighted by molar-refractivity contribution is -0.269. The zero-order valence-electron chi connectivity index (χ0n) is 8.75. The van der Waals surface area contributed by atoms with E-state index in [1.807, 2.05) is 0 Å². The lowest BCUT2D eigenvalue weighted by Crippen LogP contribution is -2.01. The minimum Gasteiger partial charge on any atom is -0.870 e. The number of phenolic OH excluding ortho intramolecular Hbond substituents is 1. The molecule has 2 rings (SSSR count). The van der Waals surface area contributed by atoms with Crippen LogP contribution in [0.4, 0.5) is 0 Å². The fraction of sp³-hybridized carbons (Fsp3) is 0. The summed E-state index contributed by atoms with van der Waals surface area (Å²) in [4.78, 5) is 11.0. The second-order valence-corrected chi connectivity index (χ2v) is 3.50. The van der Waals surface area contributed by atoms with Gasteiger partial charge >= 0.3 is 5.97 Å². The molecule has 2 N–H and O–H groups in total. The molecule has 0 saturated heterocycles. The molecule has 0 heterocycles. The average Bonchev–Trinajstić information content (AvgIpc) is 2.33. The highest BCUT2D eigenvalue weighted by Gasteiger charge is 2.11. The van der Waals surface area contributed by atoms with Crippen molar-refractivity contribution in [3.63, 3.8) is 0 Å². The zero-order valence-corrected chi connectivity index (χ0v) is 8.75. The lowest BCUT2D eigenvalue weighted by Gasteiger charge is -2.16. The molecule has 0 aliphatic heterocycles. The molecule has 4 heteroatoms.